The molecule has 1 saturated heterocycles. The fourth-order valence-electron chi connectivity index (χ4n) is 1.61. The van der Waals surface area contributed by atoms with E-state index in [9.17, 15) is 4.79 Å². The minimum absolute atomic E-state index is 0.129. The summed E-state index contributed by atoms with van der Waals surface area (Å²) in [5.74, 6) is 0. The first kappa shape index (κ1) is 11.4. The van der Waals surface area contributed by atoms with Crippen LogP contribution in [0.15, 0.2) is 28.7 Å². The van der Waals surface area contributed by atoms with Gasteiger partial charge in [-0.25, -0.2) is 9.80 Å². The van der Waals surface area contributed by atoms with Crippen LogP contribution in [-0.2, 0) is 6.54 Å². The second-order valence-corrected chi connectivity index (χ2v) is 4.84. The number of hydrogen-bond donors (Lipinski definition) is 2. The van der Waals surface area contributed by atoms with Gasteiger partial charge in [-0.05, 0) is 24.6 Å². The second kappa shape index (κ2) is 4.84. The lowest BCUT2D eigenvalue weighted by Crippen LogP contribution is -2.59. The van der Waals surface area contributed by atoms with Crippen LogP contribution in [0.1, 0.15) is 12.5 Å². The molecule has 16 heavy (non-hydrogen) atoms. The zero-order chi connectivity index (χ0) is 11.5. The van der Waals surface area contributed by atoms with E-state index < -0.39 is 0 Å². The molecule has 1 atom stereocenters. The first-order valence-electron chi connectivity index (χ1n) is 5.21. The van der Waals surface area contributed by atoms with E-state index in [4.69, 9.17) is 0 Å². The summed E-state index contributed by atoms with van der Waals surface area (Å²) in [5, 5.41) is 4.70. The second-order valence-electron chi connectivity index (χ2n) is 3.93. The minimum atomic E-state index is -0.129. The van der Waals surface area contributed by atoms with Crippen LogP contribution in [0.25, 0.3) is 0 Å². The Morgan fingerprint density at radius 3 is 2.81 bits per heavy atom. The number of nitrogens with zero attached hydrogens (tertiary/aromatic N) is 1. The number of benzene rings is 1. The van der Waals surface area contributed by atoms with Gasteiger partial charge in [-0.15, -0.1) is 0 Å². The zero-order valence-corrected chi connectivity index (χ0v) is 10.6. The molecule has 2 N–H and O–H groups in total. The molecule has 1 aromatic rings. The SMILES string of the molecule is C[C@H]1CNC(=O)NN1Cc1ccc(Br)cc1. The number of nitrogens with one attached hydrogen (secondary N) is 2. The topological polar surface area (TPSA) is 44.4 Å². The molecule has 0 unspecified atom stereocenters. The standard InChI is InChI=1S/C11H14BrN3O/c1-8-6-13-11(16)14-15(8)7-9-2-4-10(12)5-3-9/h2-5,8H,6-7H2,1H3,(H2,13,14,16)/t8-/m0/s1. The molecule has 86 valence electrons. The maximum atomic E-state index is 11.2. The van der Waals surface area contributed by atoms with E-state index in [-0.39, 0.29) is 6.03 Å². The van der Waals surface area contributed by atoms with Gasteiger partial charge in [-0.1, -0.05) is 28.1 Å². The Labute approximate surface area is 103 Å². The molecule has 4 nitrogen and oxygen atoms in total. The van der Waals surface area contributed by atoms with Crippen molar-refractivity contribution >= 4 is 22.0 Å². The predicted molar refractivity (Wildman–Crippen MR) is 65.7 cm³/mol. The van der Waals surface area contributed by atoms with Crippen molar-refractivity contribution in [2.24, 2.45) is 0 Å². The summed E-state index contributed by atoms with van der Waals surface area (Å²) in [5.41, 5.74) is 3.98. The molecule has 0 aromatic heterocycles. The molecule has 1 aliphatic heterocycles. The maximum absolute atomic E-state index is 11.2. The van der Waals surface area contributed by atoms with E-state index in [0.717, 1.165) is 11.0 Å². The molecule has 2 amide bonds. The Morgan fingerprint density at radius 2 is 2.12 bits per heavy atom. The van der Waals surface area contributed by atoms with E-state index in [1.54, 1.807) is 0 Å². The van der Waals surface area contributed by atoms with Crippen molar-refractivity contribution in [1.29, 1.82) is 0 Å². The van der Waals surface area contributed by atoms with Crippen molar-refractivity contribution < 1.29 is 4.79 Å². The van der Waals surface area contributed by atoms with Gasteiger partial charge in [0.25, 0.3) is 0 Å². The van der Waals surface area contributed by atoms with Gasteiger partial charge in [0.05, 0.1) is 0 Å². The van der Waals surface area contributed by atoms with Crippen LogP contribution in [0, 0.1) is 0 Å². The van der Waals surface area contributed by atoms with Crippen LogP contribution in [0.4, 0.5) is 4.79 Å². The third-order valence-electron chi connectivity index (χ3n) is 2.60. The van der Waals surface area contributed by atoms with E-state index >= 15 is 0 Å². The number of halogens is 1. The fourth-order valence-corrected chi connectivity index (χ4v) is 1.88. The lowest BCUT2D eigenvalue weighted by atomic mass is 10.2. The highest BCUT2D eigenvalue weighted by Gasteiger charge is 2.21. The average Bonchev–Trinajstić information content (AvgIpc) is 2.27. The average molecular weight is 284 g/mol. The summed E-state index contributed by atoms with van der Waals surface area (Å²) >= 11 is 3.40. The van der Waals surface area contributed by atoms with Gasteiger partial charge in [0.1, 0.15) is 0 Å². The Bertz CT molecular complexity index is 379. The lowest BCUT2D eigenvalue weighted by molar-refractivity contribution is 0.108. The highest BCUT2D eigenvalue weighted by Crippen LogP contribution is 2.13. The normalized spacial score (nSPS) is 21.4. The van der Waals surface area contributed by atoms with Crippen molar-refractivity contribution in [2.75, 3.05) is 6.54 Å². The maximum Gasteiger partial charge on any atom is 0.329 e. The molecule has 5 heteroatoms. The number of carbonyl (C=O) groups is 1. The van der Waals surface area contributed by atoms with Gasteiger partial charge in [0.15, 0.2) is 0 Å². The van der Waals surface area contributed by atoms with Crippen molar-refractivity contribution in [2.45, 2.75) is 19.5 Å². The molecule has 0 saturated carbocycles. The van der Waals surface area contributed by atoms with Gasteiger partial charge in [0.2, 0.25) is 0 Å². The molecule has 0 radical (unpaired) electrons. The summed E-state index contributed by atoms with van der Waals surface area (Å²) in [6.45, 7) is 3.48. The van der Waals surface area contributed by atoms with E-state index in [1.807, 2.05) is 29.3 Å². The molecule has 1 fully saturated rings. The largest absolute Gasteiger partial charge is 0.335 e. The summed E-state index contributed by atoms with van der Waals surface area (Å²) in [4.78, 5) is 11.2. The van der Waals surface area contributed by atoms with Crippen LogP contribution in [0.2, 0.25) is 0 Å². The lowest BCUT2D eigenvalue weighted by Gasteiger charge is -2.33. The minimum Gasteiger partial charge on any atom is -0.335 e. The van der Waals surface area contributed by atoms with Crippen molar-refractivity contribution in [3.05, 3.63) is 34.3 Å². The molecule has 0 aliphatic carbocycles. The van der Waals surface area contributed by atoms with Gasteiger partial charge in [0, 0.05) is 23.6 Å². The van der Waals surface area contributed by atoms with Crippen molar-refractivity contribution in [3.63, 3.8) is 0 Å². The smallest absolute Gasteiger partial charge is 0.329 e. The fraction of sp³-hybridized carbons (Fsp3) is 0.364. The molecule has 2 rings (SSSR count). The van der Waals surface area contributed by atoms with Crippen LogP contribution in [0.5, 0.6) is 0 Å². The predicted octanol–water partition coefficient (Wildman–Crippen LogP) is 1.87. The first-order chi connectivity index (χ1) is 7.65. The summed E-state index contributed by atoms with van der Waals surface area (Å²) in [6.07, 6.45) is 0. The number of amides is 2. The Balaban J connectivity index is 2.02. The number of rotatable bonds is 2. The molecule has 1 aliphatic rings. The van der Waals surface area contributed by atoms with Gasteiger partial charge in [-0.3, -0.25) is 5.43 Å². The number of hydrazine groups is 1. The third kappa shape index (κ3) is 2.74. The number of hydrogen-bond acceptors (Lipinski definition) is 2. The molecule has 1 heterocycles. The van der Waals surface area contributed by atoms with E-state index in [1.165, 1.54) is 5.56 Å². The van der Waals surface area contributed by atoms with Gasteiger partial charge in [-0.2, -0.15) is 0 Å². The highest BCUT2D eigenvalue weighted by atomic mass is 79.9. The van der Waals surface area contributed by atoms with Gasteiger partial charge >= 0.3 is 6.03 Å². The number of urea groups is 1. The van der Waals surface area contributed by atoms with Crippen LogP contribution in [-0.4, -0.2) is 23.6 Å². The van der Waals surface area contributed by atoms with E-state index in [0.29, 0.717) is 12.6 Å². The Morgan fingerprint density at radius 1 is 1.44 bits per heavy atom. The molecule has 1 aromatic carbocycles. The molecule has 0 bridgehead atoms. The van der Waals surface area contributed by atoms with E-state index in [2.05, 4.69) is 33.6 Å². The number of carbonyl (C=O) groups excluding carboxylic acids is 1. The monoisotopic (exact) mass is 283 g/mol. The van der Waals surface area contributed by atoms with Crippen molar-refractivity contribution in [3.8, 4) is 0 Å². The quantitative estimate of drug-likeness (QED) is 0.870. The van der Waals surface area contributed by atoms with Crippen LogP contribution in [0.3, 0.4) is 0 Å². The Kier molecular flexibility index (Phi) is 3.46. The summed E-state index contributed by atoms with van der Waals surface area (Å²) in [7, 11) is 0. The Hall–Kier alpha value is -1.07. The highest BCUT2D eigenvalue weighted by molar-refractivity contribution is 9.10. The van der Waals surface area contributed by atoms with Crippen LogP contribution < -0.4 is 10.7 Å². The van der Waals surface area contributed by atoms with Crippen LogP contribution >= 0.6 is 15.9 Å². The summed E-state index contributed by atoms with van der Waals surface area (Å²) < 4.78 is 1.06. The first-order valence-corrected chi connectivity index (χ1v) is 6.00. The third-order valence-corrected chi connectivity index (χ3v) is 3.13. The van der Waals surface area contributed by atoms with Crippen molar-refractivity contribution in [1.82, 2.24) is 15.8 Å². The molecular weight excluding hydrogens is 270 g/mol. The molecular formula is C11H14BrN3O. The van der Waals surface area contributed by atoms with Gasteiger partial charge < -0.3 is 5.32 Å². The summed E-state index contributed by atoms with van der Waals surface area (Å²) in [6, 6.07) is 8.26. The molecule has 0 spiro atoms. The zero-order valence-electron chi connectivity index (χ0n) is 9.03.